The summed E-state index contributed by atoms with van der Waals surface area (Å²) in [5.41, 5.74) is 7.93. The van der Waals surface area contributed by atoms with Crippen molar-refractivity contribution in [3.63, 3.8) is 0 Å². The minimum Gasteiger partial charge on any atom is -0.488 e. The zero-order chi connectivity index (χ0) is 19.3. The highest BCUT2D eigenvalue weighted by atomic mass is 35.5. The Bertz CT molecular complexity index is 918. The van der Waals surface area contributed by atoms with Crippen LogP contribution in [-0.4, -0.2) is 30.4 Å². The quantitative estimate of drug-likeness (QED) is 0.626. The first-order valence-corrected chi connectivity index (χ1v) is 10.4. The minimum absolute atomic E-state index is 0. The van der Waals surface area contributed by atoms with Crippen LogP contribution < -0.4 is 10.5 Å². The number of hydrogen-bond acceptors (Lipinski definition) is 4. The molecule has 1 aliphatic heterocycles. The first-order chi connectivity index (χ1) is 13.7. The molecule has 0 saturated carbocycles. The second-order valence-corrected chi connectivity index (χ2v) is 8.15. The van der Waals surface area contributed by atoms with Crippen LogP contribution >= 0.6 is 23.7 Å². The van der Waals surface area contributed by atoms with Gasteiger partial charge in [0.05, 0.1) is 0 Å². The molecule has 3 aromatic rings. The topological polar surface area (TPSA) is 55.6 Å². The number of nitrogens with two attached hydrogens (primary N) is 1. The lowest BCUT2D eigenvalue weighted by Crippen LogP contribution is -2.29. The van der Waals surface area contributed by atoms with Crippen molar-refractivity contribution < 1.29 is 9.53 Å². The third kappa shape index (κ3) is 4.99. The first kappa shape index (κ1) is 21.4. The number of rotatable bonds is 6. The summed E-state index contributed by atoms with van der Waals surface area (Å²) in [6.45, 7) is 2.48. The SMILES string of the molecule is Cl.NC[C@@H]1CN(C(=O)c2cccc(OCc3cccs3)c2)C[C@H]1c1ccccc1. The average Bonchev–Trinajstić information content (AvgIpc) is 3.42. The molecule has 0 spiro atoms. The molecule has 2 aromatic carbocycles. The second kappa shape index (κ2) is 9.92. The molecule has 1 aromatic heterocycles. The van der Waals surface area contributed by atoms with Crippen molar-refractivity contribution in [2.24, 2.45) is 11.7 Å². The molecule has 1 saturated heterocycles. The number of ether oxygens (including phenoxy) is 1. The molecule has 1 aliphatic rings. The van der Waals surface area contributed by atoms with E-state index in [9.17, 15) is 4.79 Å². The Morgan fingerprint density at radius 3 is 2.62 bits per heavy atom. The number of likely N-dealkylation sites (tertiary alicyclic amines) is 1. The zero-order valence-corrected chi connectivity index (χ0v) is 17.7. The van der Waals surface area contributed by atoms with Crippen LogP contribution in [-0.2, 0) is 6.61 Å². The molecule has 0 aliphatic carbocycles. The smallest absolute Gasteiger partial charge is 0.254 e. The Hall–Kier alpha value is -2.34. The van der Waals surface area contributed by atoms with E-state index in [1.807, 2.05) is 64.9 Å². The van der Waals surface area contributed by atoms with Crippen molar-refractivity contribution in [1.82, 2.24) is 4.90 Å². The Labute approximate surface area is 181 Å². The van der Waals surface area contributed by atoms with Crippen molar-refractivity contribution in [2.45, 2.75) is 12.5 Å². The number of carbonyl (C=O) groups is 1. The Kier molecular flexibility index (Phi) is 7.31. The van der Waals surface area contributed by atoms with Gasteiger partial charge in [-0.2, -0.15) is 0 Å². The van der Waals surface area contributed by atoms with Crippen molar-refractivity contribution in [3.8, 4) is 5.75 Å². The molecule has 2 atom stereocenters. The fraction of sp³-hybridized carbons (Fsp3) is 0.261. The van der Waals surface area contributed by atoms with E-state index in [2.05, 4.69) is 12.1 Å². The maximum atomic E-state index is 13.1. The number of halogens is 1. The van der Waals surface area contributed by atoms with Crippen molar-refractivity contribution >= 4 is 29.7 Å². The molecule has 0 bridgehead atoms. The highest BCUT2D eigenvalue weighted by molar-refractivity contribution is 7.09. The average molecular weight is 429 g/mol. The van der Waals surface area contributed by atoms with E-state index >= 15 is 0 Å². The number of carbonyl (C=O) groups excluding carboxylic acids is 1. The minimum atomic E-state index is 0. The molecule has 29 heavy (non-hydrogen) atoms. The lowest BCUT2D eigenvalue weighted by molar-refractivity contribution is 0.0786. The van der Waals surface area contributed by atoms with Crippen LogP contribution in [0.25, 0.3) is 0 Å². The highest BCUT2D eigenvalue weighted by Crippen LogP contribution is 2.33. The fourth-order valence-electron chi connectivity index (χ4n) is 3.80. The number of benzene rings is 2. The van der Waals surface area contributed by atoms with Gasteiger partial charge in [-0.3, -0.25) is 4.79 Å². The standard InChI is InChI=1S/C23H24N2O2S.ClH/c24-13-19-14-25(15-22(19)17-6-2-1-3-7-17)23(26)18-8-4-9-20(12-18)27-16-21-10-5-11-28-21;/h1-12,19,22H,13-16,24H2;1H/t19-,22+;/m1./s1. The maximum absolute atomic E-state index is 13.1. The Morgan fingerprint density at radius 2 is 1.90 bits per heavy atom. The molecule has 0 unspecified atom stereocenters. The van der Waals surface area contributed by atoms with Gasteiger partial charge in [-0.1, -0.05) is 42.5 Å². The van der Waals surface area contributed by atoms with Crippen molar-refractivity contribution in [3.05, 3.63) is 88.1 Å². The normalized spacial score (nSPS) is 18.3. The molecule has 4 rings (SSSR count). The van der Waals surface area contributed by atoms with Gasteiger partial charge in [-0.15, -0.1) is 23.7 Å². The van der Waals surface area contributed by atoms with Gasteiger partial charge in [0.2, 0.25) is 0 Å². The van der Waals surface area contributed by atoms with E-state index in [4.69, 9.17) is 10.5 Å². The molecule has 0 radical (unpaired) electrons. The van der Waals surface area contributed by atoms with Crippen LogP contribution in [0.15, 0.2) is 72.1 Å². The van der Waals surface area contributed by atoms with Gasteiger partial charge in [0.1, 0.15) is 12.4 Å². The largest absolute Gasteiger partial charge is 0.488 e. The molecule has 1 fully saturated rings. The Morgan fingerprint density at radius 1 is 1.07 bits per heavy atom. The number of nitrogens with zero attached hydrogens (tertiary/aromatic N) is 1. The predicted molar refractivity (Wildman–Crippen MR) is 120 cm³/mol. The van der Waals surface area contributed by atoms with Crippen LogP contribution in [0.2, 0.25) is 0 Å². The van der Waals surface area contributed by atoms with Crippen molar-refractivity contribution in [2.75, 3.05) is 19.6 Å². The van der Waals surface area contributed by atoms with Crippen molar-refractivity contribution in [1.29, 1.82) is 0 Å². The predicted octanol–water partition coefficient (Wildman–Crippen LogP) is 4.56. The third-order valence-corrected chi connectivity index (χ3v) is 6.15. The van der Waals surface area contributed by atoms with Gasteiger partial charge in [-0.05, 0) is 47.7 Å². The summed E-state index contributed by atoms with van der Waals surface area (Å²) in [5, 5.41) is 2.03. The van der Waals surface area contributed by atoms with Crippen LogP contribution in [0.5, 0.6) is 5.75 Å². The van der Waals surface area contributed by atoms with E-state index in [-0.39, 0.29) is 30.2 Å². The number of amides is 1. The summed E-state index contributed by atoms with van der Waals surface area (Å²) >= 11 is 1.66. The number of hydrogen-bond donors (Lipinski definition) is 1. The van der Waals surface area contributed by atoms with Gasteiger partial charge >= 0.3 is 0 Å². The van der Waals surface area contributed by atoms with Crippen LogP contribution in [0.4, 0.5) is 0 Å². The van der Waals surface area contributed by atoms with E-state index in [1.165, 1.54) is 5.56 Å². The second-order valence-electron chi connectivity index (χ2n) is 7.12. The van der Waals surface area contributed by atoms with Crippen LogP contribution in [0.3, 0.4) is 0 Å². The molecule has 2 heterocycles. The lowest BCUT2D eigenvalue weighted by Gasteiger charge is -2.17. The summed E-state index contributed by atoms with van der Waals surface area (Å²) in [7, 11) is 0. The Balaban J connectivity index is 0.00000240. The third-order valence-electron chi connectivity index (χ3n) is 5.30. The lowest BCUT2D eigenvalue weighted by atomic mass is 9.89. The number of thiophene rings is 1. The van der Waals surface area contributed by atoms with Gasteiger partial charge in [0.15, 0.2) is 0 Å². The highest BCUT2D eigenvalue weighted by Gasteiger charge is 2.35. The van der Waals surface area contributed by atoms with E-state index < -0.39 is 0 Å². The summed E-state index contributed by atoms with van der Waals surface area (Å²) in [4.78, 5) is 16.2. The molecular formula is C23H25ClN2O2S. The van der Waals surface area contributed by atoms with Gasteiger partial charge in [0.25, 0.3) is 5.91 Å². The fourth-order valence-corrected chi connectivity index (χ4v) is 4.42. The monoisotopic (exact) mass is 428 g/mol. The van der Waals surface area contributed by atoms with E-state index in [1.54, 1.807) is 11.3 Å². The molecule has 152 valence electrons. The zero-order valence-electron chi connectivity index (χ0n) is 16.1. The summed E-state index contributed by atoms with van der Waals surface area (Å²) < 4.78 is 5.86. The summed E-state index contributed by atoms with van der Waals surface area (Å²) in [6.07, 6.45) is 0. The van der Waals surface area contributed by atoms with Crippen LogP contribution in [0.1, 0.15) is 26.7 Å². The van der Waals surface area contributed by atoms with Gasteiger partial charge in [-0.25, -0.2) is 0 Å². The maximum Gasteiger partial charge on any atom is 0.254 e. The van der Waals surface area contributed by atoms with E-state index in [0.29, 0.717) is 37.6 Å². The molecular weight excluding hydrogens is 404 g/mol. The van der Waals surface area contributed by atoms with Gasteiger partial charge in [0, 0.05) is 29.4 Å². The molecule has 2 N–H and O–H groups in total. The van der Waals surface area contributed by atoms with Crippen LogP contribution in [0, 0.1) is 5.92 Å². The molecule has 1 amide bonds. The summed E-state index contributed by atoms with van der Waals surface area (Å²) in [6, 6.07) is 21.9. The molecule has 4 nitrogen and oxygen atoms in total. The molecule has 6 heteroatoms. The first-order valence-electron chi connectivity index (χ1n) is 9.54. The van der Waals surface area contributed by atoms with E-state index in [0.717, 1.165) is 4.88 Å². The summed E-state index contributed by atoms with van der Waals surface area (Å²) in [5.74, 6) is 1.32. The van der Waals surface area contributed by atoms with Gasteiger partial charge < -0.3 is 15.4 Å².